The summed E-state index contributed by atoms with van der Waals surface area (Å²) in [4.78, 5) is 32.6. The number of amides is 1. The topological polar surface area (TPSA) is 148 Å². The van der Waals surface area contributed by atoms with Gasteiger partial charge < -0.3 is 10.4 Å². The van der Waals surface area contributed by atoms with Crippen molar-refractivity contribution in [3.05, 3.63) is 67.8 Å². The highest BCUT2D eigenvalue weighted by molar-refractivity contribution is 7.80. The number of carbonyl (C=O) groups is 1. The van der Waals surface area contributed by atoms with Crippen molar-refractivity contribution in [2.24, 2.45) is 0 Å². The van der Waals surface area contributed by atoms with Crippen molar-refractivity contribution in [2.45, 2.75) is 6.92 Å². The van der Waals surface area contributed by atoms with Gasteiger partial charge in [0, 0.05) is 29.3 Å². The van der Waals surface area contributed by atoms with E-state index >= 15 is 0 Å². The summed E-state index contributed by atoms with van der Waals surface area (Å²) in [7, 11) is 0. The van der Waals surface area contributed by atoms with E-state index in [1.54, 1.807) is 0 Å². The molecule has 26 heavy (non-hydrogen) atoms. The Labute approximate surface area is 151 Å². The molecule has 11 heteroatoms. The lowest BCUT2D eigenvalue weighted by atomic mass is 10.1. The van der Waals surface area contributed by atoms with Gasteiger partial charge in [0.2, 0.25) is 0 Å². The number of benzene rings is 2. The number of nitro benzene ring substituents is 2. The monoisotopic (exact) mass is 376 g/mol. The smallest absolute Gasteiger partial charge is 0.273 e. The number of nitrogens with one attached hydrogen (secondary N) is 2. The molecule has 0 atom stereocenters. The molecule has 0 saturated carbocycles. The van der Waals surface area contributed by atoms with E-state index in [2.05, 4.69) is 10.6 Å². The fourth-order valence-electron chi connectivity index (χ4n) is 2.01. The highest BCUT2D eigenvalue weighted by atomic mass is 32.1. The number of thiocarbonyl (C=S) groups is 1. The number of carbonyl (C=O) groups excluding carboxylic acids is 1. The van der Waals surface area contributed by atoms with Crippen LogP contribution in [0.2, 0.25) is 0 Å². The van der Waals surface area contributed by atoms with Crippen LogP contribution in [0.5, 0.6) is 5.75 Å². The normalized spacial score (nSPS) is 10.0. The molecular formula is C15H12N4O6S. The van der Waals surface area contributed by atoms with Crippen molar-refractivity contribution >= 4 is 40.3 Å². The zero-order chi connectivity index (χ0) is 19.4. The van der Waals surface area contributed by atoms with Gasteiger partial charge in [-0.1, -0.05) is 6.07 Å². The zero-order valence-corrected chi connectivity index (χ0v) is 14.1. The SMILES string of the molecule is Cc1ccc(C(=O)NC(=S)Nc2cc([N+](=O)[O-])ccc2O)cc1[N+](=O)[O-]. The molecule has 0 aliphatic rings. The predicted molar refractivity (Wildman–Crippen MR) is 96.3 cm³/mol. The molecule has 0 radical (unpaired) electrons. The summed E-state index contributed by atoms with van der Waals surface area (Å²) >= 11 is 4.93. The van der Waals surface area contributed by atoms with Gasteiger partial charge in [0.1, 0.15) is 5.75 Å². The number of rotatable bonds is 4. The zero-order valence-electron chi connectivity index (χ0n) is 13.3. The van der Waals surface area contributed by atoms with Crippen LogP contribution in [-0.4, -0.2) is 26.0 Å². The summed E-state index contributed by atoms with van der Waals surface area (Å²) in [5.74, 6) is -1.02. The molecule has 10 nitrogen and oxygen atoms in total. The van der Waals surface area contributed by atoms with Crippen LogP contribution in [0, 0.1) is 27.2 Å². The molecule has 2 aromatic rings. The molecule has 0 bridgehead atoms. The van der Waals surface area contributed by atoms with Crippen LogP contribution in [0.4, 0.5) is 17.1 Å². The minimum absolute atomic E-state index is 0.00899. The van der Waals surface area contributed by atoms with Crippen molar-refractivity contribution in [2.75, 3.05) is 5.32 Å². The Morgan fingerprint density at radius 3 is 2.42 bits per heavy atom. The van der Waals surface area contributed by atoms with E-state index in [1.165, 1.54) is 19.1 Å². The first-order chi connectivity index (χ1) is 12.2. The van der Waals surface area contributed by atoms with Gasteiger partial charge in [-0.25, -0.2) is 0 Å². The standard InChI is InChI=1S/C15H12N4O6S/c1-8-2-3-9(6-12(8)19(24)25)14(21)17-15(26)16-11-7-10(18(22)23)4-5-13(11)20/h2-7,20H,1H3,(H2,16,17,21,26). The van der Waals surface area contributed by atoms with Crippen LogP contribution in [0.3, 0.4) is 0 Å². The molecule has 0 heterocycles. The third-order valence-corrected chi connectivity index (χ3v) is 3.54. The Morgan fingerprint density at radius 2 is 1.81 bits per heavy atom. The fourth-order valence-corrected chi connectivity index (χ4v) is 2.22. The molecule has 0 fully saturated rings. The lowest BCUT2D eigenvalue weighted by molar-refractivity contribution is -0.385. The molecule has 0 aliphatic carbocycles. The molecule has 0 aromatic heterocycles. The number of non-ortho nitro benzene ring substituents is 1. The number of hydrogen-bond donors (Lipinski definition) is 3. The summed E-state index contributed by atoms with van der Waals surface area (Å²) in [5, 5.41) is 35.9. The number of aromatic hydroxyl groups is 1. The third kappa shape index (κ3) is 4.27. The quantitative estimate of drug-likeness (QED) is 0.319. The second kappa shape index (κ2) is 7.53. The Balaban J connectivity index is 2.14. The van der Waals surface area contributed by atoms with E-state index in [9.17, 15) is 30.1 Å². The minimum atomic E-state index is -0.712. The molecule has 2 aromatic carbocycles. The maximum absolute atomic E-state index is 12.2. The Hall–Kier alpha value is -3.60. The molecule has 0 spiro atoms. The second-order valence-electron chi connectivity index (χ2n) is 5.13. The van der Waals surface area contributed by atoms with Gasteiger partial charge in [-0.2, -0.15) is 0 Å². The summed E-state index contributed by atoms with van der Waals surface area (Å²) in [6.07, 6.45) is 0. The van der Waals surface area contributed by atoms with Crippen molar-refractivity contribution in [3.63, 3.8) is 0 Å². The summed E-state index contributed by atoms with van der Waals surface area (Å²) in [6.45, 7) is 1.54. The molecule has 3 N–H and O–H groups in total. The van der Waals surface area contributed by atoms with E-state index in [4.69, 9.17) is 12.2 Å². The maximum atomic E-state index is 12.2. The van der Waals surface area contributed by atoms with E-state index in [0.29, 0.717) is 5.56 Å². The Bertz CT molecular complexity index is 930. The van der Waals surface area contributed by atoms with Gasteiger partial charge in [0.25, 0.3) is 17.3 Å². The van der Waals surface area contributed by atoms with E-state index in [0.717, 1.165) is 24.3 Å². The predicted octanol–water partition coefficient (Wildman–Crippen LogP) is 2.64. The van der Waals surface area contributed by atoms with Gasteiger partial charge in [-0.3, -0.25) is 30.3 Å². The number of hydrogen-bond acceptors (Lipinski definition) is 7. The number of anilines is 1. The van der Waals surface area contributed by atoms with E-state index in [-0.39, 0.29) is 33.5 Å². The molecule has 2 rings (SSSR count). The fraction of sp³-hybridized carbons (Fsp3) is 0.0667. The maximum Gasteiger partial charge on any atom is 0.273 e. The molecule has 1 amide bonds. The lowest BCUT2D eigenvalue weighted by Gasteiger charge is -2.11. The van der Waals surface area contributed by atoms with Crippen molar-refractivity contribution < 1.29 is 19.7 Å². The van der Waals surface area contributed by atoms with Gasteiger partial charge in [0.05, 0.1) is 15.5 Å². The van der Waals surface area contributed by atoms with Crippen LogP contribution in [0.15, 0.2) is 36.4 Å². The first-order valence-electron chi connectivity index (χ1n) is 7.04. The first-order valence-corrected chi connectivity index (χ1v) is 7.44. The highest BCUT2D eigenvalue weighted by Gasteiger charge is 2.17. The molecule has 134 valence electrons. The third-order valence-electron chi connectivity index (χ3n) is 3.33. The average molecular weight is 376 g/mol. The summed E-state index contributed by atoms with van der Waals surface area (Å²) in [6, 6.07) is 7.19. The molecule has 0 saturated heterocycles. The second-order valence-corrected chi connectivity index (χ2v) is 5.53. The molecular weight excluding hydrogens is 364 g/mol. The van der Waals surface area contributed by atoms with Crippen molar-refractivity contribution in [1.29, 1.82) is 0 Å². The largest absolute Gasteiger partial charge is 0.506 e. The van der Waals surface area contributed by atoms with Gasteiger partial charge >= 0.3 is 0 Å². The van der Waals surface area contributed by atoms with Crippen molar-refractivity contribution in [3.8, 4) is 5.75 Å². The number of phenols is 1. The van der Waals surface area contributed by atoms with Gasteiger partial charge in [0.15, 0.2) is 5.11 Å². The highest BCUT2D eigenvalue weighted by Crippen LogP contribution is 2.27. The van der Waals surface area contributed by atoms with Crippen molar-refractivity contribution in [1.82, 2.24) is 5.32 Å². The number of aryl methyl sites for hydroxylation is 1. The van der Waals surface area contributed by atoms with Gasteiger partial charge in [-0.05, 0) is 31.3 Å². The Morgan fingerprint density at radius 1 is 1.12 bits per heavy atom. The summed E-state index contributed by atoms with van der Waals surface area (Å²) in [5.41, 5.74) is -0.163. The Kier molecular flexibility index (Phi) is 5.42. The first kappa shape index (κ1) is 18.7. The molecule has 0 unspecified atom stereocenters. The summed E-state index contributed by atoms with van der Waals surface area (Å²) < 4.78 is 0. The minimum Gasteiger partial charge on any atom is -0.506 e. The van der Waals surface area contributed by atoms with Crippen LogP contribution < -0.4 is 10.6 Å². The van der Waals surface area contributed by atoms with Crippen LogP contribution in [-0.2, 0) is 0 Å². The average Bonchev–Trinajstić information content (AvgIpc) is 2.56. The van der Waals surface area contributed by atoms with Crippen LogP contribution >= 0.6 is 12.2 Å². The van der Waals surface area contributed by atoms with E-state index < -0.39 is 15.8 Å². The molecule has 0 aliphatic heterocycles. The number of nitrogens with zero attached hydrogens (tertiary/aromatic N) is 2. The van der Waals surface area contributed by atoms with E-state index in [1.807, 2.05) is 0 Å². The van der Waals surface area contributed by atoms with Crippen LogP contribution in [0.1, 0.15) is 15.9 Å². The number of phenolic OH excluding ortho intramolecular Hbond substituents is 1. The van der Waals surface area contributed by atoms with Crippen LogP contribution in [0.25, 0.3) is 0 Å². The number of nitro groups is 2. The van der Waals surface area contributed by atoms with Gasteiger partial charge in [-0.15, -0.1) is 0 Å². The lowest BCUT2D eigenvalue weighted by Crippen LogP contribution is -2.34.